The van der Waals surface area contributed by atoms with Crippen LogP contribution in [-0.4, -0.2) is 54.0 Å². The summed E-state index contributed by atoms with van der Waals surface area (Å²) in [5.41, 5.74) is 2.40. The summed E-state index contributed by atoms with van der Waals surface area (Å²) in [7, 11) is 0. The summed E-state index contributed by atoms with van der Waals surface area (Å²) in [6, 6.07) is 16.6. The molecule has 2 aromatic carbocycles. The van der Waals surface area contributed by atoms with Crippen LogP contribution in [0.3, 0.4) is 0 Å². The van der Waals surface area contributed by atoms with Gasteiger partial charge in [-0.05, 0) is 81.1 Å². The van der Waals surface area contributed by atoms with Crippen molar-refractivity contribution in [3.63, 3.8) is 0 Å². The Hall–Kier alpha value is -1.01. The van der Waals surface area contributed by atoms with E-state index in [-0.39, 0.29) is 42.9 Å². The Labute approximate surface area is 226 Å². The summed E-state index contributed by atoms with van der Waals surface area (Å²) >= 11 is 12.3. The highest BCUT2D eigenvalue weighted by Gasteiger charge is 2.37. The van der Waals surface area contributed by atoms with Gasteiger partial charge in [-0.25, -0.2) is 0 Å². The molecule has 0 saturated carbocycles. The lowest BCUT2D eigenvalue weighted by Gasteiger charge is -2.47. The van der Waals surface area contributed by atoms with Gasteiger partial charge in [-0.3, -0.25) is 9.69 Å². The number of nitrogens with one attached hydrogen (secondary N) is 1. The molecule has 2 atom stereocenters. The first-order chi connectivity index (χ1) is 15.4. The van der Waals surface area contributed by atoms with Crippen LogP contribution in [-0.2, 0) is 4.79 Å². The largest absolute Gasteiger partial charge is 0.335 e. The third-order valence-electron chi connectivity index (χ3n) is 6.89. The van der Waals surface area contributed by atoms with Gasteiger partial charge >= 0.3 is 0 Å². The Bertz CT molecular complexity index is 846. The molecule has 2 heterocycles. The number of piperazine rings is 1. The van der Waals surface area contributed by atoms with Crippen molar-refractivity contribution in [1.29, 1.82) is 0 Å². The first-order valence-corrected chi connectivity index (χ1v) is 12.4. The van der Waals surface area contributed by atoms with Crippen LogP contribution in [0.5, 0.6) is 0 Å². The van der Waals surface area contributed by atoms with E-state index in [9.17, 15) is 4.79 Å². The van der Waals surface area contributed by atoms with Crippen LogP contribution < -0.4 is 5.32 Å². The lowest BCUT2D eigenvalue weighted by Crippen LogP contribution is -2.59. The van der Waals surface area contributed by atoms with Crippen LogP contribution >= 0.6 is 48.0 Å². The fraction of sp³-hybridized carbons (Fsp3) is 0.500. The Morgan fingerprint density at radius 2 is 1.32 bits per heavy atom. The van der Waals surface area contributed by atoms with Gasteiger partial charge in [-0.1, -0.05) is 47.5 Å². The van der Waals surface area contributed by atoms with Crippen molar-refractivity contribution in [2.24, 2.45) is 5.92 Å². The van der Waals surface area contributed by atoms with Crippen molar-refractivity contribution < 1.29 is 4.79 Å². The number of halogens is 4. The zero-order chi connectivity index (χ0) is 22.7. The number of carbonyl (C=O) groups excluding carboxylic acids is 1. The second-order valence-electron chi connectivity index (χ2n) is 9.36. The molecular weight excluding hydrogens is 512 g/mol. The van der Waals surface area contributed by atoms with Crippen molar-refractivity contribution in [2.75, 3.05) is 26.2 Å². The molecule has 0 unspecified atom stereocenters. The minimum absolute atomic E-state index is 0. The van der Waals surface area contributed by atoms with Crippen molar-refractivity contribution in [2.45, 2.75) is 51.2 Å². The van der Waals surface area contributed by atoms with Gasteiger partial charge in [0.2, 0.25) is 5.91 Å². The SMILES string of the molecule is C[C@@H]1CN(C(c2ccc(Cl)cc2)c2ccc(Cl)cc2)C[C@H](C)N1C(=O)CC1CCNCC1.Cl.Cl. The number of piperidine rings is 1. The molecule has 188 valence electrons. The minimum atomic E-state index is 0. The fourth-order valence-corrected chi connectivity index (χ4v) is 5.66. The summed E-state index contributed by atoms with van der Waals surface area (Å²) in [6.45, 7) is 8.09. The average Bonchev–Trinajstić information content (AvgIpc) is 2.77. The third kappa shape index (κ3) is 7.02. The maximum Gasteiger partial charge on any atom is 0.223 e. The van der Waals surface area contributed by atoms with E-state index in [0.717, 1.165) is 49.1 Å². The van der Waals surface area contributed by atoms with E-state index < -0.39 is 0 Å². The summed E-state index contributed by atoms with van der Waals surface area (Å²) < 4.78 is 0. The predicted octanol–water partition coefficient (Wildman–Crippen LogP) is 6.24. The summed E-state index contributed by atoms with van der Waals surface area (Å²) in [4.78, 5) is 17.9. The number of hydrogen-bond acceptors (Lipinski definition) is 3. The second-order valence-corrected chi connectivity index (χ2v) is 10.2. The Morgan fingerprint density at radius 3 is 1.76 bits per heavy atom. The van der Waals surface area contributed by atoms with Crippen LogP contribution in [0.4, 0.5) is 0 Å². The average molecular weight is 547 g/mol. The van der Waals surface area contributed by atoms with E-state index in [1.165, 1.54) is 11.1 Å². The first kappa shape index (κ1) is 29.2. The van der Waals surface area contributed by atoms with Gasteiger partial charge in [0.05, 0.1) is 6.04 Å². The molecule has 0 radical (unpaired) electrons. The van der Waals surface area contributed by atoms with Crippen molar-refractivity contribution in [1.82, 2.24) is 15.1 Å². The van der Waals surface area contributed by atoms with Crippen molar-refractivity contribution >= 4 is 53.9 Å². The zero-order valence-electron chi connectivity index (χ0n) is 19.8. The highest BCUT2D eigenvalue weighted by atomic mass is 35.5. The number of hydrogen-bond donors (Lipinski definition) is 1. The van der Waals surface area contributed by atoms with E-state index in [2.05, 4.69) is 53.2 Å². The molecule has 2 aromatic rings. The molecule has 0 spiro atoms. The Morgan fingerprint density at radius 1 is 0.882 bits per heavy atom. The van der Waals surface area contributed by atoms with E-state index in [1.54, 1.807) is 0 Å². The van der Waals surface area contributed by atoms with E-state index >= 15 is 0 Å². The Balaban J connectivity index is 0.00000204. The molecule has 0 aliphatic carbocycles. The molecule has 2 aliphatic rings. The maximum absolute atomic E-state index is 13.2. The van der Waals surface area contributed by atoms with E-state index in [1.807, 2.05) is 24.3 Å². The number of benzene rings is 2. The molecule has 4 rings (SSSR count). The van der Waals surface area contributed by atoms with Crippen molar-refractivity contribution in [3.05, 3.63) is 69.7 Å². The van der Waals surface area contributed by atoms with E-state index in [0.29, 0.717) is 18.2 Å². The molecule has 2 aliphatic heterocycles. The van der Waals surface area contributed by atoms with Gasteiger partial charge in [-0.15, -0.1) is 24.8 Å². The van der Waals surface area contributed by atoms with Crippen LogP contribution in [0.15, 0.2) is 48.5 Å². The standard InChI is InChI=1S/C26H33Cl2N3O.2ClH/c1-18-16-30(17-19(2)31(18)25(32)15-20-11-13-29-14-12-20)26(21-3-7-23(27)8-4-21)22-5-9-24(28)10-6-22;;/h3-10,18-20,26,29H,11-17H2,1-2H3;2*1H/t18-,19+;;. The highest BCUT2D eigenvalue weighted by molar-refractivity contribution is 6.30. The zero-order valence-corrected chi connectivity index (χ0v) is 22.9. The number of carbonyl (C=O) groups is 1. The fourth-order valence-electron chi connectivity index (χ4n) is 5.41. The quantitative estimate of drug-likeness (QED) is 0.482. The minimum Gasteiger partial charge on any atom is -0.335 e. The van der Waals surface area contributed by atoms with Gasteiger partial charge < -0.3 is 10.2 Å². The van der Waals surface area contributed by atoms with Crippen LogP contribution in [0.25, 0.3) is 0 Å². The molecule has 2 saturated heterocycles. The monoisotopic (exact) mass is 545 g/mol. The van der Waals surface area contributed by atoms with Crippen LogP contribution in [0.2, 0.25) is 10.0 Å². The molecular formula is C26H35Cl4N3O. The summed E-state index contributed by atoms with van der Waals surface area (Å²) in [5.74, 6) is 0.822. The predicted molar refractivity (Wildman–Crippen MR) is 147 cm³/mol. The van der Waals surface area contributed by atoms with Gasteiger partial charge in [0.25, 0.3) is 0 Å². The van der Waals surface area contributed by atoms with Gasteiger partial charge in [0.15, 0.2) is 0 Å². The molecule has 34 heavy (non-hydrogen) atoms. The number of nitrogens with zero attached hydrogens (tertiary/aromatic N) is 2. The lowest BCUT2D eigenvalue weighted by molar-refractivity contribution is -0.140. The molecule has 1 N–H and O–H groups in total. The highest BCUT2D eigenvalue weighted by Crippen LogP contribution is 2.34. The lowest BCUT2D eigenvalue weighted by atomic mass is 9.92. The van der Waals surface area contributed by atoms with E-state index in [4.69, 9.17) is 23.2 Å². The smallest absolute Gasteiger partial charge is 0.223 e. The number of amides is 1. The number of rotatable bonds is 5. The van der Waals surface area contributed by atoms with Crippen LogP contribution in [0.1, 0.15) is 50.3 Å². The van der Waals surface area contributed by atoms with Gasteiger partial charge in [0, 0.05) is 41.6 Å². The Kier molecular flexibility index (Phi) is 11.5. The third-order valence-corrected chi connectivity index (χ3v) is 7.40. The van der Waals surface area contributed by atoms with Gasteiger partial charge in [0.1, 0.15) is 0 Å². The van der Waals surface area contributed by atoms with Crippen LogP contribution in [0, 0.1) is 5.92 Å². The normalized spacial score (nSPS) is 21.6. The maximum atomic E-state index is 13.2. The molecule has 0 bridgehead atoms. The first-order valence-electron chi connectivity index (χ1n) is 11.7. The van der Waals surface area contributed by atoms with Crippen molar-refractivity contribution in [3.8, 4) is 0 Å². The second kappa shape index (κ2) is 13.3. The molecule has 2 fully saturated rings. The summed E-state index contributed by atoms with van der Waals surface area (Å²) in [6.07, 6.45) is 2.88. The molecule has 4 nitrogen and oxygen atoms in total. The molecule has 0 aromatic heterocycles. The molecule has 8 heteroatoms. The topological polar surface area (TPSA) is 35.6 Å². The summed E-state index contributed by atoms with van der Waals surface area (Å²) in [5, 5.41) is 4.86. The molecule has 1 amide bonds. The van der Waals surface area contributed by atoms with Gasteiger partial charge in [-0.2, -0.15) is 0 Å².